The Morgan fingerprint density at radius 3 is 2.37 bits per heavy atom. The number of aliphatic hydroxyl groups excluding tert-OH is 1. The number of para-hydroxylation sites is 1. The van der Waals surface area contributed by atoms with Crippen LogP contribution in [0.5, 0.6) is 0 Å². The summed E-state index contributed by atoms with van der Waals surface area (Å²) in [5.41, 5.74) is 5.61. The Morgan fingerprint density at radius 1 is 1.11 bits per heavy atom. The topological polar surface area (TPSA) is 45.5 Å². The van der Waals surface area contributed by atoms with Crippen molar-refractivity contribution in [3.63, 3.8) is 0 Å². The number of aliphatic imine (C=N–C) groups is 1. The summed E-state index contributed by atoms with van der Waals surface area (Å²) < 4.78 is 0. The van der Waals surface area contributed by atoms with E-state index < -0.39 is 0 Å². The number of rotatable bonds is 3. The second kappa shape index (κ2) is 5.76. The molecule has 3 heteroatoms. The summed E-state index contributed by atoms with van der Waals surface area (Å²) >= 11 is 0. The van der Waals surface area contributed by atoms with Gasteiger partial charge in [0.25, 0.3) is 0 Å². The highest BCUT2D eigenvalue weighted by Gasteiger charge is 2.04. The van der Waals surface area contributed by atoms with E-state index in [1.807, 2.05) is 25.1 Å². The Bertz CT molecular complexity index is 598. The van der Waals surface area contributed by atoms with Crippen molar-refractivity contribution in [1.29, 1.82) is 0 Å². The summed E-state index contributed by atoms with van der Waals surface area (Å²) in [5.74, 6) is 0. The normalized spacial score (nSPS) is 11.7. The van der Waals surface area contributed by atoms with Crippen molar-refractivity contribution in [3.8, 4) is 0 Å². The summed E-state index contributed by atoms with van der Waals surface area (Å²) in [6, 6.07) is 11.7. The van der Waals surface area contributed by atoms with E-state index in [4.69, 9.17) is 5.11 Å². The van der Waals surface area contributed by atoms with E-state index in [-0.39, 0.29) is 6.61 Å². The molecule has 2 aromatic rings. The van der Waals surface area contributed by atoms with Crippen molar-refractivity contribution in [2.24, 2.45) is 4.99 Å². The predicted octanol–water partition coefficient (Wildman–Crippen LogP) is 3.33. The molecular formula is C16H18N2O. The molecule has 0 radical (unpaired) electrons. The van der Waals surface area contributed by atoms with Crippen molar-refractivity contribution < 1.29 is 5.11 Å². The lowest BCUT2D eigenvalue weighted by Gasteiger charge is -2.07. The molecule has 0 unspecified atom stereocenters. The molecule has 0 amide bonds. The first-order chi connectivity index (χ1) is 9.11. The molecule has 3 nitrogen and oxygen atoms in total. The van der Waals surface area contributed by atoms with Gasteiger partial charge in [0.1, 0.15) is 0 Å². The lowest BCUT2D eigenvalue weighted by molar-refractivity contribution is 0.277. The van der Waals surface area contributed by atoms with Crippen LogP contribution in [0.15, 0.2) is 41.4 Å². The standard InChI is InChI=1S/C16H18N2O/c1-11-6-4-7-12(2)16(11)17-13(3)15-9-5-8-14(10-19)18-15/h4-9,19H,10H2,1-3H3. The lowest BCUT2D eigenvalue weighted by atomic mass is 10.1. The molecule has 0 aliphatic carbocycles. The molecule has 1 aromatic heterocycles. The fraction of sp³-hybridized carbons (Fsp3) is 0.250. The fourth-order valence-corrected chi connectivity index (χ4v) is 1.98. The van der Waals surface area contributed by atoms with E-state index in [9.17, 15) is 0 Å². The van der Waals surface area contributed by atoms with Crippen molar-refractivity contribution in [3.05, 3.63) is 58.9 Å². The average Bonchev–Trinajstić information content (AvgIpc) is 2.43. The third-order valence-electron chi connectivity index (χ3n) is 3.06. The van der Waals surface area contributed by atoms with Gasteiger partial charge in [0.15, 0.2) is 0 Å². The largest absolute Gasteiger partial charge is 0.390 e. The van der Waals surface area contributed by atoms with Crippen LogP contribution in [0.25, 0.3) is 0 Å². The summed E-state index contributed by atoms with van der Waals surface area (Å²) in [5, 5.41) is 9.12. The van der Waals surface area contributed by atoms with E-state index in [0.717, 1.165) is 28.2 Å². The predicted molar refractivity (Wildman–Crippen MR) is 77.9 cm³/mol. The summed E-state index contributed by atoms with van der Waals surface area (Å²) in [4.78, 5) is 9.04. The van der Waals surface area contributed by atoms with E-state index in [2.05, 4.69) is 36.0 Å². The molecule has 0 atom stereocenters. The molecule has 0 bridgehead atoms. The van der Waals surface area contributed by atoms with Crippen LogP contribution in [0.3, 0.4) is 0 Å². The minimum atomic E-state index is -0.0511. The van der Waals surface area contributed by atoms with Gasteiger partial charge in [0, 0.05) is 0 Å². The molecule has 1 N–H and O–H groups in total. The van der Waals surface area contributed by atoms with Gasteiger partial charge >= 0.3 is 0 Å². The molecule has 0 fully saturated rings. The molecule has 0 saturated carbocycles. The van der Waals surface area contributed by atoms with Gasteiger partial charge in [-0.05, 0) is 44.0 Å². The summed E-state index contributed by atoms with van der Waals surface area (Å²) in [7, 11) is 0. The lowest BCUT2D eigenvalue weighted by Crippen LogP contribution is -2.01. The van der Waals surface area contributed by atoms with Crippen LogP contribution < -0.4 is 0 Å². The van der Waals surface area contributed by atoms with Gasteiger partial charge in [0.2, 0.25) is 0 Å². The van der Waals surface area contributed by atoms with Gasteiger partial charge in [-0.3, -0.25) is 4.99 Å². The van der Waals surface area contributed by atoms with Gasteiger partial charge in [-0.15, -0.1) is 0 Å². The van der Waals surface area contributed by atoms with Crippen LogP contribution in [-0.2, 0) is 6.61 Å². The van der Waals surface area contributed by atoms with Crippen molar-refractivity contribution in [2.75, 3.05) is 0 Å². The molecule has 98 valence electrons. The Labute approximate surface area is 113 Å². The van der Waals surface area contributed by atoms with Crippen LogP contribution in [0.4, 0.5) is 5.69 Å². The van der Waals surface area contributed by atoms with Crippen LogP contribution in [0.1, 0.15) is 29.4 Å². The van der Waals surface area contributed by atoms with E-state index >= 15 is 0 Å². The van der Waals surface area contributed by atoms with Crippen LogP contribution in [-0.4, -0.2) is 15.8 Å². The van der Waals surface area contributed by atoms with E-state index in [1.165, 1.54) is 0 Å². The highest BCUT2D eigenvalue weighted by molar-refractivity contribution is 5.98. The molecular weight excluding hydrogens is 236 g/mol. The van der Waals surface area contributed by atoms with Crippen molar-refractivity contribution in [2.45, 2.75) is 27.4 Å². The first-order valence-corrected chi connectivity index (χ1v) is 6.30. The first kappa shape index (κ1) is 13.4. The number of aromatic nitrogens is 1. The quantitative estimate of drug-likeness (QED) is 0.854. The average molecular weight is 254 g/mol. The number of hydrogen-bond donors (Lipinski definition) is 1. The minimum Gasteiger partial charge on any atom is -0.390 e. The number of benzene rings is 1. The number of hydrogen-bond acceptors (Lipinski definition) is 3. The Morgan fingerprint density at radius 2 is 1.74 bits per heavy atom. The maximum Gasteiger partial charge on any atom is 0.0853 e. The van der Waals surface area contributed by atoms with Gasteiger partial charge in [-0.1, -0.05) is 24.3 Å². The first-order valence-electron chi connectivity index (χ1n) is 6.30. The highest BCUT2D eigenvalue weighted by atomic mass is 16.3. The molecule has 19 heavy (non-hydrogen) atoms. The van der Waals surface area contributed by atoms with Gasteiger partial charge < -0.3 is 5.11 Å². The zero-order chi connectivity index (χ0) is 13.8. The van der Waals surface area contributed by atoms with Gasteiger partial charge in [0.05, 0.1) is 29.4 Å². The third-order valence-corrected chi connectivity index (χ3v) is 3.06. The number of pyridine rings is 1. The third kappa shape index (κ3) is 3.06. The maximum atomic E-state index is 9.12. The number of aliphatic hydroxyl groups is 1. The zero-order valence-electron chi connectivity index (χ0n) is 11.5. The Balaban J connectivity index is 2.42. The highest BCUT2D eigenvalue weighted by Crippen LogP contribution is 2.23. The SMILES string of the molecule is CC(=Nc1c(C)cccc1C)c1cccc(CO)n1. The number of nitrogens with zero attached hydrogens (tertiary/aromatic N) is 2. The van der Waals surface area contributed by atoms with Crippen molar-refractivity contribution >= 4 is 11.4 Å². The minimum absolute atomic E-state index is 0.0511. The molecule has 1 heterocycles. The molecule has 0 aliphatic heterocycles. The molecule has 2 rings (SSSR count). The monoisotopic (exact) mass is 254 g/mol. The molecule has 0 saturated heterocycles. The van der Waals surface area contributed by atoms with Crippen molar-refractivity contribution in [1.82, 2.24) is 4.98 Å². The maximum absolute atomic E-state index is 9.12. The molecule has 1 aromatic carbocycles. The second-order valence-electron chi connectivity index (χ2n) is 4.61. The molecule has 0 spiro atoms. The zero-order valence-corrected chi connectivity index (χ0v) is 11.5. The van der Waals surface area contributed by atoms with Crippen LogP contribution in [0, 0.1) is 13.8 Å². The summed E-state index contributed by atoms with van der Waals surface area (Å²) in [6.45, 7) is 5.99. The number of aryl methyl sites for hydroxylation is 2. The summed E-state index contributed by atoms with van der Waals surface area (Å²) in [6.07, 6.45) is 0. The van der Waals surface area contributed by atoms with Crippen LogP contribution in [0.2, 0.25) is 0 Å². The van der Waals surface area contributed by atoms with Gasteiger partial charge in [-0.2, -0.15) is 0 Å². The molecule has 0 aliphatic rings. The smallest absolute Gasteiger partial charge is 0.0853 e. The van der Waals surface area contributed by atoms with E-state index in [1.54, 1.807) is 6.07 Å². The van der Waals surface area contributed by atoms with Gasteiger partial charge in [-0.25, -0.2) is 4.98 Å². The Kier molecular flexibility index (Phi) is 4.07. The fourth-order valence-electron chi connectivity index (χ4n) is 1.98. The Hall–Kier alpha value is -2.00. The van der Waals surface area contributed by atoms with Crippen LogP contribution >= 0.6 is 0 Å². The van der Waals surface area contributed by atoms with E-state index in [0.29, 0.717) is 5.69 Å². The second-order valence-corrected chi connectivity index (χ2v) is 4.61.